The first-order valence-corrected chi connectivity index (χ1v) is 5.91. The lowest BCUT2D eigenvalue weighted by atomic mass is 10.3. The van der Waals surface area contributed by atoms with Gasteiger partial charge < -0.3 is 11.1 Å². The Balaban J connectivity index is 2.27. The van der Waals surface area contributed by atoms with Gasteiger partial charge in [0, 0.05) is 6.54 Å². The lowest BCUT2D eigenvalue weighted by Crippen LogP contribution is -2.24. The minimum atomic E-state index is -0.184. The van der Waals surface area contributed by atoms with Crippen LogP contribution in [0.4, 0.5) is 5.82 Å². The van der Waals surface area contributed by atoms with Crippen molar-refractivity contribution in [1.82, 2.24) is 15.1 Å². The second-order valence-corrected chi connectivity index (χ2v) is 3.95. The SMILES string of the molecule is CCCNC(=O)c1cnn(-c2ccccc2)c1N. The van der Waals surface area contributed by atoms with Gasteiger partial charge in [0.1, 0.15) is 11.4 Å². The fraction of sp³-hybridized carbons (Fsp3) is 0.231. The monoisotopic (exact) mass is 244 g/mol. The average Bonchev–Trinajstić information content (AvgIpc) is 2.79. The number of nitrogens with zero attached hydrogens (tertiary/aromatic N) is 2. The summed E-state index contributed by atoms with van der Waals surface area (Å²) in [5, 5.41) is 6.93. The molecule has 2 aromatic rings. The van der Waals surface area contributed by atoms with Gasteiger partial charge in [-0.15, -0.1) is 0 Å². The Bertz CT molecular complexity index is 533. The van der Waals surface area contributed by atoms with Crippen LogP contribution in [0.1, 0.15) is 23.7 Å². The summed E-state index contributed by atoms with van der Waals surface area (Å²) in [5.41, 5.74) is 7.19. The average molecular weight is 244 g/mol. The summed E-state index contributed by atoms with van der Waals surface area (Å²) in [6.45, 7) is 2.63. The predicted molar refractivity (Wildman–Crippen MR) is 70.6 cm³/mol. The molecule has 0 atom stereocenters. The van der Waals surface area contributed by atoms with Gasteiger partial charge in [-0.2, -0.15) is 5.10 Å². The number of anilines is 1. The predicted octanol–water partition coefficient (Wildman–Crippen LogP) is 1.59. The third kappa shape index (κ3) is 2.34. The summed E-state index contributed by atoms with van der Waals surface area (Å²) in [6.07, 6.45) is 2.38. The standard InChI is InChI=1S/C13H16N4O/c1-2-8-15-13(18)11-9-16-17(12(11)14)10-6-4-3-5-7-10/h3-7,9H,2,8,14H2,1H3,(H,15,18). The summed E-state index contributed by atoms with van der Waals surface area (Å²) in [5.74, 6) is 0.173. The lowest BCUT2D eigenvalue weighted by molar-refractivity contribution is 0.0954. The number of amides is 1. The largest absolute Gasteiger partial charge is 0.383 e. The highest BCUT2D eigenvalue weighted by atomic mass is 16.1. The highest BCUT2D eigenvalue weighted by Crippen LogP contribution is 2.16. The van der Waals surface area contributed by atoms with Crippen molar-refractivity contribution >= 4 is 11.7 Å². The topological polar surface area (TPSA) is 72.9 Å². The van der Waals surface area contributed by atoms with Crippen LogP contribution in [-0.4, -0.2) is 22.2 Å². The fourth-order valence-corrected chi connectivity index (χ4v) is 1.64. The summed E-state index contributed by atoms with van der Waals surface area (Å²) in [4.78, 5) is 11.8. The van der Waals surface area contributed by atoms with Gasteiger partial charge in [0.25, 0.3) is 5.91 Å². The van der Waals surface area contributed by atoms with Gasteiger partial charge in [0.05, 0.1) is 11.9 Å². The number of nitrogens with one attached hydrogen (secondary N) is 1. The zero-order chi connectivity index (χ0) is 13.0. The minimum absolute atomic E-state index is 0.184. The molecule has 0 aliphatic carbocycles. The molecule has 0 unspecified atom stereocenters. The Labute approximate surface area is 106 Å². The maximum atomic E-state index is 11.8. The first-order valence-electron chi connectivity index (χ1n) is 5.91. The smallest absolute Gasteiger partial charge is 0.256 e. The second kappa shape index (κ2) is 5.35. The molecule has 1 aromatic carbocycles. The Hall–Kier alpha value is -2.30. The van der Waals surface area contributed by atoms with Gasteiger partial charge in [-0.1, -0.05) is 25.1 Å². The number of hydrogen-bond donors (Lipinski definition) is 2. The van der Waals surface area contributed by atoms with Crippen molar-refractivity contribution < 1.29 is 4.79 Å². The number of carbonyl (C=O) groups excluding carboxylic acids is 1. The van der Waals surface area contributed by atoms with E-state index in [1.54, 1.807) is 4.68 Å². The van der Waals surface area contributed by atoms with E-state index < -0.39 is 0 Å². The molecule has 3 N–H and O–H groups in total. The van der Waals surface area contributed by atoms with Crippen molar-refractivity contribution in [2.24, 2.45) is 0 Å². The summed E-state index contributed by atoms with van der Waals surface area (Å²) < 4.78 is 1.56. The van der Waals surface area contributed by atoms with E-state index in [9.17, 15) is 4.79 Å². The van der Waals surface area contributed by atoms with Crippen molar-refractivity contribution in [3.8, 4) is 5.69 Å². The molecule has 94 valence electrons. The zero-order valence-corrected chi connectivity index (χ0v) is 10.3. The third-order valence-corrected chi connectivity index (χ3v) is 2.59. The van der Waals surface area contributed by atoms with Crippen LogP contribution >= 0.6 is 0 Å². The van der Waals surface area contributed by atoms with E-state index in [1.807, 2.05) is 37.3 Å². The maximum Gasteiger partial charge on any atom is 0.256 e. The molecule has 0 saturated carbocycles. The Kier molecular flexibility index (Phi) is 3.62. The van der Waals surface area contributed by atoms with Crippen LogP contribution in [0.25, 0.3) is 5.69 Å². The summed E-state index contributed by atoms with van der Waals surface area (Å²) in [7, 11) is 0. The fourth-order valence-electron chi connectivity index (χ4n) is 1.64. The van der Waals surface area contributed by atoms with Gasteiger partial charge in [-0.3, -0.25) is 4.79 Å². The van der Waals surface area contributed by atoms with Crippen molar-refractivity contribution in [3.63, 3.8) is 0 Å². The molecule has 5 nitrogen and oxygen atoms in total. The molecular weight excluding hydrogens is 228 g/mol. The molecule has 2 rings (SSSR count). The quantitative estimate of drug-likeness (QED) is 0.857. The number of carbonyl (C=O) groups is 1. The molecule has 5 heteroatoms. The first kappa shape index (κ1) is 12.2. The van der Waals surface area contributed by atoms with Crippen molar-refractivity contribution in [3.05, 3.63) is 42.1 Å². The van der Waals surface area contributed by atoms with E-state index in [2.05, 4.69) is 10.4 Å². The van der Waals surface area contributed by atoms with E-state index in [0.29, 0.717) is 17.9 Å². The van der Waals surface area contributed by atoms with Crippen LogP contribution in [0.2, 0.25) is 0 Å². The van der Waals surface area contributed by atoms with Gasteiger partial charge in [-0.25, -0.2) is 4.68 Å². The second-order valence-electron chi connectivity index (χ2n) is 3.95. The molecule has 0 bridgehead atoms. The maximum absolute atomic E-state index is 11.8. The number of nitrogen functional groups attached to an aromatic ring is 1. The van der Waals surface area contributed by atoms with Gasteiger partial charge in [0.2, 0.25) is 0 Å². The van der Waals surface area contributed by atoms with E-state index in [0.717, 1.165) is 12.1 Å². The third-order valence-electron chi connectivity index (χ3n) is 2.59. The molecular formula is C13H16N4O. The van der Waals surface area contributed by atoms with Gasteiger partial charge in [-0.05, 0) is 18.6 Å². The summed E-state index contributed by atoms with van der Waals surface area (Å²) in [6, 6.07) is 9.48. The van der Waals surface area contributed by atoms with Crippen LogP contribution in [0.3, 0.4) is 0 Å². The Morgan fingerprint density at radius 1 is 1.39 bits per heavy atom. The summed E-state index contributed by atoms with van der Waals surface area (Å²) >= 11 is 0. The van der Waals surface area contributed by atoms with Crippen LogP contribution in [0.15, 0.2) is 36.5 Å². The van der Waals surface area contributed by atoms with E-state index in [1.165, 1.54) is 6.20 Å². The number of benzene rings is 1. The van der Waals surface area contributed by atoms with Crippen LogP contribution < -0.4 is 11.1 Å². The molecule has 0 radical (unpaired) electrons. The first-order chi connectivity index (χ1) is 8.74. The minimum Gasteiger partial charge on any atom is -0.383 e. The van der Waals surface area contributed by atoms with Gasteiger partial charge in [0.15, 0.2) is 0 Å². The van der Waals surface area contributed by atoms with Crippen LogP contribution in [-0.2, 0) is 0 Å². The number of para-hydroxylation sites is 1. The highest BCUT2D eigenvalue weighted by Gasteiger charge is 2.15. The molecule has 18 heavy (non-hydrogen) atoms. The van der Waals surface area contributed by atoms with Crippen LogP contribution in [0, 0.1) is 0 Å². The normalized spacial score (nSPS) is 10.3. The molecule has 1 amide bonds. The molecule has 0 aliphatic rings. The highest BCUT2D eigenvalue weighted by molar-refractivity contribution is 5.98. The molecule has 0 fully saturated rings. The van der Waals surface area contributed by atoms with Crippen LogP contribution in [0.5, 0.6) is 0 Å². The molecule has 0 aliphatic heterocycles. The molecule has 0 saturated heterocycles. The zero-order valence-electron chi connectivity index (χ0n) is 10.3. The number of hydrogen-bond acceptors (Lipinski definition) is 3. The van der Waals surface area contributed by atoms with Crippen molar-refractivity contribution in [2.45, 2.75) is 13.3 Å². The molecule has 0 spiro atoms. The van der Waals surface area contributed by atoms with Crippen molar-refractivity contribution in [1.29, 1.82) is 0 Å². The lowest BCUT2D eigenvalue weighted by Gasteiger charge is -2.05. The molecule has 1 aromatic heterocycles. The Morgan fingerprint density at radius 2 is 2.11 bits per heavy atom. The number of aromatic nitrogens is 2. The van der Waals surface area contributed by atoms with E-state index >= 15 is 0 Å². The van der Waals surface area contributed by atoms with E-state index in [4.69, 9.17) is 5.73 Å². The number of nitrogens with two attached hydrogens (primary N) is 1. The molecule has 1 heterocycles. The van der Waals surface area contributed by atoms with E-state index in [-0.39, 0.29) is 5.91 Å². The number of rotatable bonds is 4. The van der Waals surface area contributed by atoms with Gasteiger partial charge >= 0.3 is 0 Å². The van der Waals surface area contributed by atoms with Crippen molar-refractivity contribution in [2.75, 3.05) is 12.3 Å². The Morgan fingerprint density at radius 3 is 2.78 bits per heavy atom.